The monoisotopic (exact) mass is 392 g/mol. The molecule has 3 rings (SSSR count). The number of carbonyl (C=O) groups excluding carboxylic acids is 1. The Morgan fingerprint density at radius 3 is 2.58 bits per heavy atom. The summed E-state index contributed by atoms with van der Waals surface area (Å²) in [5.74, 6) is 0.110. The summed E-state index contributed by atoms with van der Waals surface area (Å²) < 4.78 is 10.4. The Morgan fingerprint density at radius 1 is 1.23 bits per heavy atom. The van der Waals surface area contributed by atoms with Crippen LogP contribution in [0.5, 0.6) is 5.88 Å². The number of hydrogen-bond donors (Lipinski definition) is 2. The first-order valence-electron chi connectivity index (χ1n) is 7.47. The van der Waals surface area contributed by atoms with Crippen LogP contribution in [0.2, 0.25) is 10.0 Å². The van der Waals surface area contributed by atoms with E-state index < -0.39 is 5.91 Å². The molecule has 0 saturated carbocycles. The average Bonchev–Trinajstić information content (AvgIpc) is 3.15. The molecule has 2 heterocycles. The number of furan rings is 1. The van der Waals surface area contributed by atoms with Gasteiger partial charge in [0.2, 0.25) is 11.7 Å². The van der Waals surface area contributed by atoms with Gasteiger partial charge in [-0.2, -0.15) is 4.98 Å². The lowest BCUT2D eigenvalue weighted by Gasteiger charge is -2.12. The van der Waals surface area contributed by atoms with E-state index in [4.69, 9.17) is 38.1 Å². The summed E-state index contributed by atoms with van der Waals surface area (Å²) in [4.78, 5) is 20.9. The van der Waals surface area contributed by atoms with Crippen molar-refractivity contribution in [3.63, 3.8) is 0 Å². The molecule has 9 heteroatoms. The lowest BCUT2D eigenvalue weighted by atomic mass is 10.2. The number of ether oxygens (including phenoxy) is 1. The Morgan fingerprint density at radius 2 is 1.96 bits per heavy atom. The van der Waals surface area contributed by atoms with Gasteiger partial charge in [-0.1, -0.05) is 29.3 Å². The SMILES string of the molecule is COc1nc(-c2ccco2)nc(N)c1C(=O)NCc1c(Cl)cccc1Cl. The van der Waals surface area contributed by atoms with Crippen molar-refractivity contribution >= 4 is 34.9 Å². The molecular weight excluding hydrogens is 379 g/mol. The molecule has 0 unspecified atom stereocenters. The number of carbonyl (C=O) groups is 1. The number of rotatable bonds is 5. The third-order valence-electron chi connectivity index (χ3n) is 3.55. The van der Waals surface area contributed by atoms with E-state index in [0.29, 0.717) is 21.4 Å². The Labute approximate surface area is 159 Å². The zero-order chi connectivity index (χ0) is 18.7. The molecule has 0 fully saturated rings. The number of nitrogens with zero attached hydrogens (tertiary/aromatic N) is 2. The van der Waals surface area contributed by atoms with Gasteiger partial charge in [0.1, 0.15) is 11.4 Å². The van der Waals surface area contributed by atoms with Gasteiger partial charge in [-0.15, -0.1) is 0 Å². The summed E-state index contributed by atoms with van der Waals surface area (Å²) in [6.45, 7) is 0.111. The summed E-state index contributed by atoms with van der Waals surface area (Å²) in [6.07, 6.45) is 1.48. The van der Waals surface area contributed by atoms with Gasteiger partial charge >= 0.3 is 0 Å². The molecule has 0 atom stereocenters. The van der Waals surface area contributed by atoms with Crippen molar-refractivity contribution in [2.24, 2.45) is 0 Å². The normalized spacial score (nSPS) is 10.6. The molecule has 0 aliphatic carbocycles. The fraction of sp³-hybridized carbons (Fsp3) is 0.118. The summed E-state index contributed by atoms with van der Waals surface area (Å²) >= 11 is 12.2. The number of nitrogens with two attached hydrogens (primary N) is 1. The predicted molar refractivity (Wildman–Crippen MR) is 98.3 cm³/mol. The largest absolute Gasteiger partial charge is 0.480 e. The van der Waals surface area contributed by atoms with E-state index >= 15 is 0 Å². The number of aromatic nitrogens is 2. The molecule has 2 aromatic heterocycles. The average molecular weight is 393 g/mol. The quantitative estimate of drug-likeness (QED) is 0.687. The molecule has 0 aliphatic rings. The van der Waals surface area contributed by atoms with Crippen molar-refractivity contribution in [1.82, 2.24) is 15.3 Å². The van der Waals surface area contributed by atoms with Crippen LogP contribution in [0.25, 0.3) is 11.6 Å². The van der Waals surface area contributed by atoms with Crippen molar-refractivity contribution in [2.45, 2.75) is 6.54 Å². The highest BCUT2D eigenvalue weighted by Crippen LogP contribution is 2.27. The number of anilines is 1. The molecule has 0 bridgehead atoms. The van der Waals surface area contributed by atoms with Crippen LogP contribution in [0, 0.1) is 0 Å². The number of hydrogen-bond acceptors (Lipinski definition) is 6. The van der Waals surface area contributed by atoms with Crippen LogP contribution in [0.1, 0.15) is 15.9 Å². The Balaban J connectivity index is 1.87. The van der Waals surface area contributed by atoms with Gasteiger partial charge in [-0.25, -0.2) is 4.98 Å². The summed E-state index contributed by atoms with van der Waals surface area (Å²) in [6, 6.07) is 8.46. The highest BCUT2D eigenvalue weighted by Gasteiger charge is 2.22. The number of amides is 1. The highest BCUT2D eigenvalue weighted by atomic mass is 35.5. The molecule has 0 spiro atoms. The molecule has 1 amide bonds. The molecule has 26 heavy (non-hydrogen) atoms. The first-order valence-corrected chi connectivity index (χ1v) is 8.23. The number of methoxy groups -OCH3 is 1. The lowest BCUT2D eigenvalue weighted by molar-refractivity contribution is 0.0948. The number of benzene rings is 1. The summed E-state index contributed by atoms with van der Waals surface area (Å²) in [5.41, 5.74) is 6.56. The maximum absolute atomic E-state index is 12.6. The van der Waals surface area contributed by atoms with Crippen molar-refractivity contribution in [1.29, 1.82) is 0 Å². The fourth-order valence-electron chi connectivity index (χ4n) is 2.29. The maximum Gasteiger partial charge on any atom is 0.260 e. The smallest absolute Gasteiger partial charge is 0.260 e. The maximum atomic E-state index is 12.6. The van der Waals surface area contributed by atoms with Crippen molar-refractivity contribution < 1.29 is 13.9 Å². The predicted octanol–water partition coefficient (Wildman–Crippen LogP) is 3.56. The minimum atomic E-state index is -0.513. The topological polar surface area (TPSA) is 103 Å². The molecule has 0 saturated heterocycles. The van der Waals surface area contributed by atoms with Gasteiger partial charge in [0, 0.05) is 22.2 Å². The van der Waals surface area contributed by atoms with E-state index in [0.717, 1.165) is 0 Å². The summed E-state index contributed by atoms with van der Waals surface area (Å²) in [5, 5.41) is 3.59. The zero-order valence-electron chi connectivity index (χ0n) is 13.6. The molecule has 3 aromatic rings. The minimum absolute atomic E-state index is 0.0194. The second kappa shape index (κ2) is 7.63. The van der Waals surface area contributed by atoms with Gasteiger partial charge in [0.15, 0.2) is 5.76 Å². The van der Waals surface area contributed by atoms with E-state index in [1.807, 2.05) is 0 Å². The lowest BCUT2D eigenvalue weighted by Crippen LogP contribution is -2.25. The molecule has 0 aliphatic heterocycles. The first kappa shape index (κ1) is 18.0. The van der Waals surface area contributed by atoms with Crippen molar-refractivity contribution in [3.05, 3.63) is 57.8 Å². The van der Waals surface area contributed by atoms with Crippen LogP contribution in [0.4, 0.5) is 5.82 Å². The van der Waals surface area contributed by atoms with Gasteiger partial charge in [0.25, 0.3) is 5.91 Å². The van der Waals surface area contributed by atoms with Crippen LogP contribution < -0.4 is 15.8 Å². The van der Waals surface area contributed by atoms with Gasteiger partial charge in [0.05, 0.1) is 13.4 Å². The number of halogens is 2. The van der Waals surface area contributed by atoms with E-state index in [2.05, 4.69) is 15.3 Å². The number of nitrogens with one attached hydrogen (secondary N) is 1. The summed E-state index contributed by atoms with van der Waals surface area (Å²) in [7, 11) is 1.38. The molecule has 3 N–H and O–H groups in total. The van der Waals surface area contributed by atoms with Crippen LogP contribution >= 0.6 is 23.2 Å². The van der Waals surface area contributed by atoms with Crippen LogP contribution in [0.3, 0.4) is 0 Å². The standard InChI is InChI=1S/C17H14Cl2N4O3/c1-25-17-13(14(20)22-15(23-17)12-6-3-7-26-12)16(24)21-8-9-10(18)4-2-5-11(9)19/h2-7H,8H2,1H3,(H,21,24)(H2,20,22,23). The van der Waals surface area contributed by atoms with E-state index in [9.17, 15) is 4.79 Å². The van der Waals surface area contributed by atoms with Crippen molar-refractivity contribution in [2.75, 3.05) is 12.8 Å². The minimum Gasteiger partial charge on any atom is -0.480 e. The molecule has 7 nitrogen and oxygen atoms in total. The second-order valence-electron chi connectivity index (χ2n) is 5.18. The third kappa shape index (κ3) is 3.58. The van der Waals surface area contributed by atoms with Gasteiger partial charge in [-0.3, -0.25) is 4.79 Å². The van der Waals surface area contributed by atoms with Gasteiger partial charge in [-0.05, 0) is 24.3 Å². The first-order chi connectivity index (χ1) is 12.5. The second-order valence-corrected chi connectivity index (χ2v) is 5.99. The Bertz CT molecular complexity index is 925. The van der Waals surface area contributed by atoms with E-state index in [-0.39, 0.29) is 29.6 Å². The highest BCUT2D eigenvalue weighted by molar-refractivity contribution is 6.36. The van der Waals surface area contributed by atoms with E-state index in [1.165, 1.54) is 13.4 Å². The number of nitrogen functional groups attached to an aromatic ring is 1. The van der Waals surface area contributed by atoms with E-state index in [1.54, 1.807) is 30.3 Å². The fourth-order valence-corrected chi connectivity index (χ4v) is 2.82. The van der Waals surface area contributed by atoms with Crippen LogP contribution in [0.15, 0.2) is 41.0 Å². The van der Waals surface area contributed by atoms with Gasteiger partial charge < -0.3 is 20.2 Å². The molecule has 1 aromatic carbocycles. The third-order valence-corrected chi connectivity index (χ3v) is 4.26. The van der Waals surface area contributed by atoms with Crippen LogP contribution in [-0.4, -0.2) is 23.0 Å². The Kier molecular flexibility index (Phi) is 5.29. The zero-order valence-corrected chi connectivity index (χ0v) is 15.1. The molecule has 0 radical (unpaired) electrons. The Hall–Kier alpha value is -2.77. The van der Waals surface area contributed by atoms with Crippen molar-refractivity contribution in [3.8, 4) is 17.5 Å². The molecule has 134 valence electrons. The molecular formula is C17H14Cl2N4O3. The van der Waals surface area contributed by atoms with Crippen LogP contribution in [-0.2, 0) is 6.54 Å².